The number of thioether (sulfide) groups is 1. The van der Waals surface area contributed by atoms with Crippen LogP contribution >= 0.6 is 11.8 Å². The summed E-state index contributed by atoms with van der Waals surface area (Å²) >= 11 is 1.48. The molecule has 34 heavy (non-hydrogen) atoms. The summed E-state index contributed by atoms with van der Waals surface area (Å²) in [7, 11) is 0. The molecular weight excluding hydrogens is 450 g/mol. The smallest absolute Gasteiger partial charge is 0.258 e. The molecule has 0 fully saturated rings. The summed E-state index contributed by atoms with van der Waals surface area (Å²) in [5.41, 5.74) is 3.04. The number of aromatic nitrogens is 2. The van der Waals surface area contributed by atoms with Gasteiger partial charge < -0.3 is 19.3 Å². The monoisotopic (exact) mass is 475 g/mol. The molecule has 1 amide bonds. The van der Waals surface area contributed by atoms with Crippen molar-refractivity contribution in [1.29, 1.82) is 0 Å². The molecule has 0 unspecified atom stereocenters. The maximum absolute atomic E-state index is 13.0. The normalized spacial score (nSPS) is 10.7. The first-order valence-electron chi connectivity index (χ1n) is 10.8. The molecule has 2 aromatic heterocycles. The van der Waals surface area contributed by atoms with E-state index in [-0.39, 0.29) is 5.91 Å². The van der Waals surface area contributed by atoms with Crippen molar-refractivity contribution in [1.82, 2.24) is 10.1 Å². The summed E-state index contributed by atoms with van der Waals surface area (Å²) in [6.07, 6.45) is 1.68. The lowest BCUT2D eigenvalue weighted by Crippen LogP contribution is -2.13. The van der Waals surface area contributed by atoms with E-state index in [2.05, 4.69) is 15.5 Å². The van der Waals surface area contributed by atoms with Gasteiger partial charge in [0.05, 0.1) is 17.9 Å². The van der Waals surface area contributed by atoms with Gasteiger partial charge in [0.15, 0.2) is 0 Å². The van der Waals surface area contributed by atoms with E-state index in [4.69, 9.17) is 14.0 Å². The number of anilines is 1. The quantitative estimate of drug-likeness (QED) is 0.279. The second kappa shape index (κ2) is 10.9. The van der Waals surface area contributed by atoms with Gasteiger partial charge in [-0.05, 0) is 81.4 Å². The summed E-state index contributed by atoms with van der Waals surface area (Å²) in [5.74, 6) is 3.34. The predicted molar refractivity (Wildman–Crippen MR) is 132 cm³/mol. The SMILES string of the molecule is CCOc1ccc(Oc2ccc(NC(=O)c3cccnc3SCc3c(C)noc3C)cc2)cc1. The van der Waals surface area contributed by atoms with Crippen LogP contribution in [0.4, 0.5) is 5.69 Å². The van der Waals surface area contributed by atoms with Crippen molar-refractivity contribution >= 4 is 23.4 Å². The molecule has 0 radical (unpaired) electrons. The van der Waals surface area contributed by atoms with Gasteiger partial charge in [-0.2, -0.15) is 0 Å². The van der Waals surface area contributed by atoms with Gasteiger partial charge in [0, 0.05) is 23.2 Å². The van der Waals surface area contributed by atoms with Crippen molar-refractivity contribution in [2.75, 3.05) is 11.9 Å². The molecule has 0 spiro atoms. The minimum Gasteiger partial charge on any atom is -0.494 e. The molecule has 0 bridgehead atoms. The first-order valence-corrected chi connectivity index (χ1v) is 11.8. The average Bonchev–Trinajstić information content (AvgIpc) is 3.17. The molecule has 174 valence electrons. The number of carbonyl (C=O) groups is 1. The molecular formula is C26H25N3O4S. The van der Waals surface area contributed by atoms with Gasteiger partial charge in [-0.25, -0.2) is 4.98 Å². The maximum Gasteiger partial charge on any atom is 0.258 e. The Morgan fingerprint density at radius 3 is 2.32 bits per heavy atom. The topological polar surface area (TPSA) is 86.5 Å². The predicted octanol–water partition coefficient (Wildman–Crippen LogP) is 6.42. The lowest BCUT2D eigenvalue weighted by Gasteiger charge is -2.10. The van der Waals surface area contributed by atoms with Crippen LogP contribution in [0.5, 0.6) is 17.2 Å². The summed E-state index contributed by atoms with van der Waals surface area (Å²) in [5, 5.41) is 7.56. The highest BCUT2D eigenvalue weighted by atomic mass is 32.2. The van der Waals surface area contributed by atoms with E-state index >= 15 is 0 Å². The third-order valence-corrected chi connectivity index (χ3v) is 6.06. The lowest BCUT2D eigenvalue weighted by molar-refractivity contribution is 0.102. The molecule has 1 N–H and O–H groups in total. The van der Waals surface area contributed by atoms with E-state index in [1.807, 2.05) is 57.2 Å². The Hall–Kier alpha value is -3.78. The Morgan fingerprint density at radius 2 is 1.68 bits per heavy atom. The number of hydrogen-bond acceptors (Lipinski definition) is 7. The van der Waals surface area contributed by atoms with Gasteiger partial charge in [-0.15, -0.1) is 11.8 Å². The summed E-state index contributed by atoms with van der Waals surface area (Å²) in [6.45, 7) is 6.35. The Morgan fingerprint density at radius 1 is 1.00 bits per heavy atom. The van der Waals surface area contributed by atoms with E-state index in [0.717, 1.165) is 22.8 Å². The zero-order valence-electron chi connectivity index (χ0n) is 19.2. The fraction of sp³-hybridized carbons (Fsp3) is 0.192. The minimum atomic E-state index is -0.227. The van der Waals surface area contributed by atoms with Crippen LogP contribution in [0.1, 0.15) is 34.3 Å². The minimum absolute atomic E-state index is 0.227. The molecule has 0 atom stereocenters. The van der Waals surface area contributed by atoms with Gasteiger partial charge in [-0.3, -0.25) is 4.79 Å². The van der Waals surface area contributed by atoms with E-state index < -0.39 is 0 Å². The molecule has 8 heteroatoms. The number of pyridine rings is 1. The van der Waals surface area contributed by atoms with Gasteiger partial charge in [0.1, 0.15) is 28.0 Å². The average molecular weight is 476 g/mol. The number of amides is 1. The second-order valence-corrected chi connectivity index (χ2v) is 8.40. The number of aryl methyl sites for hydroxylation is 2. The van der Waals surface area contributed by atoms with Gasteiger partial charge in [0.2, 0.25) is 0 Å². The Bertz CT molecular complexity index is 1230. The van der Waals surface area contributed by atoms with E-state index in [9.17, 15) is 4.79 Å². The first kappa shape index (κ1) is 23.4. The zero-order valence-corrected chi connectivity index (χ0v) is 20.0. The van der Waals surface area contributed by atoms with Crippen LogP contribution in [-0.2, 0) is 5.75 Å². The molecule has 0 aliphatic carbocycles. The van der Waals surface area contributed by atoms with Crippen molar-refractivity contribution in [3.63, 3.8) is 0 Å². The molecule has 0 saturated heterocycles. The van der Waals surface area contributed by atoms with Crippen LogP contribution in [-0.4, -0.2) is 22.7 Å². The van der Waals surface area contributed by atoms with Gasteiger partial charge in [0.25, 0.3) is 5.91 Å². The molecule has 4 rings (SSSR count). The van der Waals surface area contributed by atoms with Crippen LogP contribution < -0.4 is 14.8 Å². The summed E-state index contributed by atoms with van der Waals surface area (Å²) < 4.78 is 16.5. The van der Waals surface area contributed by atoms with Gasteiger partial charge in [-0.1, -0.05) is 5.16 Å². The highest BCUT2D eigenvalue weighted by Crippen LogP contribution is 2.28. The van der Waals surface area contributed by atoms with Crippen LogP contribution in [0.3, 0.4) is 0 Å². The summed E-state index contributed by atoms with van der Waals surface area (Å²) in [4.78, 5) is 17.4. The van der Waals surface area contributed by atoms with Crippen molar-refractivity contribution < 1.29 is 18.8 Å². The van der Waals surface area contributed by atoms with Crippen LogP contribution in [0.2, 0.25) is 0 Å². The third-order valence-electron chi connectivity index (χ3n) is 5.03. The number of hydrogen-bond donors (Lipinski definition) is 1. The Balaban J connectivity index is 1.39. The maximum atomic E-state index is 13.0. The molecule has 4 aromatic rings. The molecule has 7 nitrogen and oxygen atoms in total. The van der Waals surface area contributed by atoms with Crippen LogP contribution in [0.15, 0.2) is 76.4 Å². The Kier molecular flexibility index (Phi) is 7.49. The van der Waals surface area contributed by atoms with E-state index in [0.29, 0.717) is 40.1 Å². The van der Waals surface area contributed by atoms with Crippen LogP contribution in [0, 0.1) is 13.8 Å². The number of nitrogens with zero attached hydrogens (tertiary/aromatic N) is 2. The number of nitrogens with one attached hydrogen (secondary N) is 1. The van der Waals surface area contributed by atoms with E-state index in [1.165, 1.54) is 11.8 Å². The highest BCUT2D eigenvalue weighted by Gasteiger charge is 2.16. The molecule has 0 aliphatic rings. The molecule has 2 aromatic carbocycles. The zero-order chi connectivity index (χ0) is 23.9. The van der Waals surface area contributed by atoms with Crippen LogP contribution in [0.25, 0.3) is 0 Å². The molecule has 0 saturated carbocycles. The third kappa shape index (κ3) is 5.77. The number of carbonyl (C=O) groups excluding carboxylic acids is 1. The lowest BCUT2D eigenvalue weighted by atomic mass is 10.2. The van der Waals surface area contributed by atoms with Gasteiger partial charge >= 0.3 is 0 Å². The standard InChI is InChI=1S/C26H25N3O4S/c1-4-31-20-11-13-22(14-12-20)32-21-9-7-19(8-10-21)28-25(30)23-6-5-15-27-26(23)34-16-24-17(2)29-33-18(24)3/h5-15H,4,16H2,1-3H3,(H,28,30). The fourth-order valence-electron chi connectivity index (χ4n) is 3.24. The van der Waals surface area contributed by atoms with E-state index in [1.54, 1.807) is 30.5 Å². The first-order chi connectivity index (χ1) is 16.5. The number of ether oxygens (including phenoxy) is 2. The Labute approximate surface area is 202 Å². The van der Waals surface area contributed by atoms with Crippen molar-refractivity contribution in [3.05, 3.63) is 89.4 Å². The molecule has 2 heterocycles. The summed E-state index contributed by atoms with van der Waals surface area (Å²) in [6, 6.07) is 18.2. The second-order valence-electron chi connectivity index (χ2n) is 7.43. The number of rotatable bonds is 9. The largest absolute Gasteiger partial charge is 0.494 e. The van der Waals surface area contributed by atoms with Crippen molar-refractivity contribution in [2.24, 2.45) is 0 Å². The van der Waals surface area contributed by atoms with Crippen molar-refractivity contribution in [3.8, 4) is 17.2 Å². The van der Waals surface area contributed by atoms with Crippen molar-refractivity contribution in [2.45, 2.75) is 31.6 Å². The highest BCUT2D eigenvalue weighted by molar-refractivity contribution is 7.98. The number of benzene rings is 2. The fourth-order valence-corrected chi connectivity index (χ4v) is 4.38. The molecule has 0 aliphatic heterocycles.